The monoisotopic (exact) mass is 370 g/mol. The highest BCUT2D eigenvalue weighted by Gasteiger charge is 2.17. The lowest BCUT2D eigenvalue weighted by atomic mass is 10.1. The third-order valence-electron chi connectivity index (χ3n) is 4.17. The maximum Gasteiger partial charge on any atom is 0.302 e. The number of hydrogen-bond acceptors (Lipinski definition) is 8. The van der Waals surface area contributed by atoms with Crippen molar-refractivity contribution in [1.82, 2.24) is 9.97 Å². The van der Waals surface area contributed by atoms with Crippen molar-refractivity contribution in [3.05, 3.63) is 45.5 Å². The number of nitrogens with one attached hydrogen (secondary N) is 1. The van der Waals surface area contributed by atoms with E-state index in [9.17, 15) is 10.1 Å². The van der Waals surface area contributed by atoms with Gasteiger partial charge in [-0.1, -0.05) is 17.4 Å². The SMILES string of the molecule is COc1cc([N+](=O)[O-])cc2sc(Nc3nc4ccc(C)c(C)c4o3)nc12. The molecule has 2 aromatic heterocycles. The number of thiazole rings is 1. The Bertz CT molecular complexity index is 1160. The fourth-order valence-corrected chi connectivity index (χ4v) is 3.57. The summed E-state index contributed by atoms with van der Waals surface area (Å²) < 4.78 is 11.7. The van der Waals surface area contributed by atoms with Gasteiger partial charge in [0.2, 0.25) is 0 Å². The average molecular weight is 370 g/mol. The van der Waals surface area contributed by atoms with E-state index < -0.39 is 4.92 Å². The van der Waals surface area contributed by atoms with Gasteiger partial charge in [0.05, 0.1) is 22.8 Å². The molecule has 4 aromatic rings. The van der Waals surface area contributed by atoms with E-state index >= 15 is 0 Å². The fourth-order valence-electron chi connectivity index (χ4n) is 2.67. The van der Waals surface area contributed by atoms with Crippen LogP contribution in [0.5, 0.6) is 5.75 Å². The molecule has 0 aliphatic heterocycles. The Morgan fingerprint density at radius 1 is 1.27 bits per heavy atom. The van der Waals surface area contributed by atoms with Crippen molar-refractivity contribution >= 4 is 49.5 Å². The lowest BCUT2D eigenvalue weighted by Gasteiger charge is -1.99. The van der Waals surface area contributed by atoms with Gasteiger partial charge in [0.15, 0.2) is 16.5 Å². The van der Waals surface area contributed by atoms with E-state index in [0.717, 1.165) is 22.2 Å². The summed E-state index contributed by atoms with van der Waals surface area (Å²) in [5, 5.41) is 14.6. The van der Waals surface area contributed by atoms with Crippen LogP contribution in [0.2, 0.25) is 0 Å². The van der Waals surface area contributed by atoms with E-state index in [4.69, 9.17) is 9.15 Å². The van der Waals surface area contributed by atoms with Gasteiger partial charge in [-0.25, -0.2) is 4.98 Å². The molecule has 0 aliphatic rings. The lowest BCUT2D eigenvalue weighted by Crippen LogP contribution is -1.91. The second kappa shape index (κ2) is 5.95. The molecule has 0 spiro atoms. The van der Waals surface area contributed by atoms with Gasteiger partial charge in [0.1, 0.15) is 11.0 Å². The molecular weight excluding hydrogens is 356 g/mol. The lowest BCUT2D eigenvalue weighted by molar-refractivity contribution is -0.384. The molecular formula is C17H14N4O4S. The number of ether oxygens (including phenoxy) is 1. The number of aromatic nitrogens is 2. The van der Waals surface area contributed by atoms with Crippen molar-refractivity contribution in [3.8, 4) is 5.75 Å². The predicted octanol–water partition coefficient (Wildman–Crippen LogP) is 4.71. The summed E-state index contributed by atoms with van der Waals surface area (Å²) in [6.07, 6.45) is 0. The zero-order valence-corrected chi connectivity index (χ0v) is 15.0. The minimum absolute atomic E-state index is 0.0440. The molecule has 1 N–H and O–H groups in total. The topological polar surface area (TPSA) is 103 Å². The van der Waals surface area contributed by atoms with Crippen LogP contribution in [0.1, 0.15) is 11.1 Å². The van der Waals surface area contributed by atoms with Crippen LogP contribution in [0, 0.1) is 24.0 Å². The summed E-state index contributed by atoms with van der Waals surface area (Å²) >= 11 is 1.26. The summed E-state index contributed by atoms with van der Waals surface area (Å²) in [7, 11) is 1.46. The zero-order valence-electron chi connectivity index (χ0n) is 14.2. The van der Waals surface area contributed by atoms with Crippen molar-refractivity contribution < 1.29 is 14.1 Å². The van der Waals surface area contributed by atoms with Gasteiger partial charge in [-0.3, -0.25) is 15.4 Å². The number of aryl methyl sites for hydroxylation is 2. The van der Waals surface area contributed by atoms with Crippen LogP contribution in [0.15, 0.2) is 28.7 Å². The van der Waals surface area contributed by atoms with Gasteiger partial charge < -0.3 is 9.15 Å². The van der Waals surface area contributed by atoms with Gasteiger partial charge >= 0.3 is 6.01 Å². The van der Waals surface area contributed by atoms with Crippen molar-refractivity contribution in [3.63, 3.8) is 0 Å². The number of rotatable bonds is 4. The summed E-state index contributed by atoms with van der Waals surface area (Å²) in [6.45, 7) is 3.99. The molecule has 26 heavy (non-hydrogen) atoms. The summed E-state index contributed by atoms with van der Waals surface area (Å²) in [5.41, 5.74) is 4.14. The van der Waals surface area contributed by atoms with Crippen LogP contribution in [-0.2, 0) is 0 Å². The Hall–Kier alpha value is -3.20. The third-order valence-corrected chi connectivity index (χ3v) is 5.08. The third kappa shape index (κ3) is 2.62. The first kappa shape index (κ1) is 16.3. The number of fused-ring (bicyclic) bond motifs is 2. The van der Waals surface area contributed by atoms with Crippen LogP contribution in [0.25, 0.3) is 21.3 Å². The van der Waals surface area contributed by atoms with Gasteiger partial charge in [-0.05, 0) is 31.0 Å². The minimum Gasteiger partial charge on any atom is -0.494 e. The number of nitrogens with zero attached hydrogens (tertiary/aromatic N) is 3. The number of non-ortho nitro benzene ring substituents is 1. The second-order valence-corrected chi connectivity index (χ2v) is 6.80. The van der Waals surface area contributed by atoms with E-state index in [1.807, 2.05) is 26.0 Å². The first-order chi connectivity index (χ1) is 12.5. The minimum atomic E-state index is -0.458. The average Bonchev–Trinajstić information content (AvgIpc) is 3.21. The molecule has 2 aromatic carbocycles. The largest absolute Gasteiger partial charge is 0.494 e. The highest BCUT2D eigenvalue weighted by molar-refractivity contribution is 7.22. The summed E-state index contributed by atoms with van der Waals surface area (Å²) in [5.74, 6) is 0.350. The van der Waals surface area contributed by atoms with E-state index in [1.54, 1.807) is 0 Å². The normalized spacial score (nSPS) is 11.2. The summed E-state index contributed by atoms with van der Waals surface area (Å²) in [4.78, 5) is 19.5. The fraction of sp³-hybridized carbons (Fsp3) is 0.176. The molecule has 0 aliphatic carbocycles. The molecule has 4 rings (SSSR count). The van der Waals surface area contributed by atoms with Crippen LogP contribution < -0.4 is 10.1 Å². The standard InChI is InChI=1S/C17H14N4O4S/c1-8-4-5-11-15(9(8)2)25-16(18-11)20-17-19-14-12(24-3)6-10(21(22)23)7-13(14)26-17/h4-7H,1-3H3,(H,18,19,20). The van der Waals surface area contributed by atoms with Crippen LogP contribution in [0.4, 0.5) is 16.8 Å². The highest BCUT2D eigenvalue weighted by Crippen LogP contribution is 2.37. The Kier molecular flexibility index (Phi) is 3.73. The van der Waals surface area contributed by atoms with E-state index in [1.165, 1.54) is 30.6 Å². The quantitative estimate of drug-likeness (QED) is 0.409. The molecule has 132 valence electrons. The van der Waals surface area contributed by atoms with Crippen LogP contribution in [-0.4, -0.2) is 22.0 Å². The van der Waals surface area contributed by atoms with Gasteiger partial charge in [0, 0.05) is 6.07 Å². The zero-order chi connectivity index (χ0) is 18.4. The second-order valence-electron chi connectivity index (χ2n) is 5.77. The van der Waals surface area contributed by atoms with Crippen molar-refractivity contribution in [2.45, 2.75) is 13.8 Å². The molecule has 9 heteroatoms. The molecule has 0 unspecified atom stereocenters. The molecule has 0 radical (unpaired) electrons. The number of benzene rings is 2. The number of methoxy groups -OCH3 is 1. The molecule has 2 heterocycles. The van der Waals surface area contributed by atoms with E-state index in [-0.39, 0.29) is 5.69 Å². The van der Waals surface area contributed by atoms with Crippen molar-refractivity contribution in [2.75, 3.05) is 12.4 Å². The Morgan fingerprint density at radius 3 is 2.81 bits per heavy atom. The highest BCUT2D eigenvalue weighted by atomic mass is 32.1. The summed E-state index contributed by atoms with van der Waals surface area (Å²) in [6, 6.07) is 7.04. The Morgan fingerprint density at radius 2 is 2.08 bits per heavy atom. The molecule has 0 saturated carbocycles. The molecule has 0 amide bonds. The van der Waals surface area contributed by atoms with Crippen molar-refractivity contribution in [2.24, 2.45) is 0 Å². The predicted molar refractivity (Wildman–Crippen MR) is 99.6 cm³/mol. The van der Waals surface area contributed by atoms with Crippen molar-refractivity contribution in [1.29, 1.82) is 0 Å². The van der Waals surface area contributed by atoms with Crippen LogP contribution >= 0.6 is 11.3 Å². The molecule has 0 bridgehead atoms. The smallest absolute Gasteiger partial charge is 0.302 e. The molecule has 8 nitrogen and oxygen atoms in total. The first-order valence-corrected chi connectivity index (χ1v) is 8.54. The van der Waals surface area contributed by atoms with E-state index in [2.05, 4.69) is 15.3 Å². The van der Waals surface area contributed by atoms with Crippen LogP contribution in [0.3, 0.4) is 0 Å². The molecule has 0 saturated heterocycles. The van der Waals surface area contributed by atoms with Gasteiger partial charge in [-0.15, -0.1) is 0 Å². The van der Waals surface area contributed by atoms with E-state index in [0.29, 0.717) is 27.1 Å². The number of hydrogen-bond donors (Lipinski definition) is 1. The molecule has 0 fully saturated rings. The first-order valence-electron chi connectivity index (χ1n) is 7.73. The van der Waals surface area contributed by atoms with Gasteiger partial charge in [-0.2, -0.15) is 4.98 Å². The maximum absolute atomic E-state index is 11.1. The maximum atomic E-state index is 11.1. The number of nitro benzene ring substituents is 1. The number of nitro groups is 1. The van der Waals surface area contributed by atoms with Gasteiger partial charge in [0.25, 0.3) is 5.69 Å². The number of anilines is 2. The number of oxazole rings is 1. The molecule has 0 atom stereocenters. The Balaban J connectivity index is 1.75. The Labute approximate surface area is 151 Å².